The molecule has 10 nitrogen and oxygen atoms in total. The Kier molecular flexibility index (Phi) is 16.6. The van der Waals surface area contributed by atoms with Gasteiger partial charge >= 0.3 is 12.1 Å². The minimum atomic E-state index is -0.900. The van der Waals surface area contributed by atoms with Crippen LogP contribution in [0.4, 0.5) is 4.79 Å². The zero-order valence-corrected chi connectivity index (χ0v) is 29.4. The molecule has 1 heterocycles. The van der Waals surface area contributed by atoms with E-state index in [0.29, 0.717) is 19.6 Å². The van der Waals surface area contributed by atoms with E-state index in [-0.39, 0.29) is 36.0 Å². The first-order chi connectivity index (χ1) is 22.0. The van der Waals surface area contributed by atoms with Gasteiger partial charge in [-0.05, 0) is 31.7 Å². The minimum Gasteiger partial charge on any atom is -0.462 e. The second-order valence-corrected chi connectivity index (χ2v) is 13.9. The molecule has 1 aromatic rings. The van der Waals surface area contributed by atoms with Crippen LogP contribution in [0.1, 0.15) is 73.8 Å². The van der Waals surface area contributed by atoms with Crippen LogP contribution in [0.25, 0.3) is 0 Å². The van der Waals surface area contributed by atoms with Crippen molar-refractivity contribution >= 4 is 12.1 Å². The van der Waals surface area contributed by atoms with Gasteiger partial charge < -0.3 is 40.4 Å². The summed E-state index contributed by atoms with van der Waals surface area (Å²) in [6.07, 6.45) is 0.690. The SMILES string of the molecule is CC(=C[C@H](C)[C@@H](O)[C@@H](C)C=CC(O)C[C@@H]1OC(=O)[C@H](C)C(O)C1C)CC(C)C(O)C(C)C(OC(N)=O)[C@@H](C)COCc1ccccc1. The highest BCUT2D eigenvalue weighted by atomic mass is 16.6. The van der Waals surface area contributed by atoms with Crippen LogP contribution in [-0.4, -0.2) is 75.7 Å². The van der Waals surface area contributed by atoms with Crippen molar-refractivity contribution in [2.45, 2.75) is 111 Å². The number of cyclic esters (lactones) is 1. The van der Waals surface area contributed by atoms with E-state index in [2.05, 4.69) is 0 Å². The van der Waals surface area contributed by atoms with Crippen molar-refractivity contribution < 1.29 is 44.2 Å². The molecule has 0 aliphatic carbocycles. The number of hydrogen-bond donors (Lipinski definition) is 5. The van der Waals surface area contributed by atoms with Crippen molar-refractivity contribution in [2.75, 3.05) is 6.61 Å². The number of amides is 1. The lowest BCUT2D eigenvalue weighted by Gasteiger charge is -2.36. The molecular weight excluding hydrogens is 602 g/mol. The molecule has 2 rings (SSSR count). The second-order valence-electron chi connectivity index (χ2n) is 13.9. The fourth-order valence-corrected chi connectivity index (χ4v) is 6.52. The molecular formula is C37H59NO9. The van der Waals surface area contributed by atoms with Crippen molar-refractivity contribution in [3.8, 4) is 0 Å². The van der Waals surface area contributed by atoms with Crippen molar-refractivity contribution in [2.24, 2.45) is 47.2 Å². The van der Waals surface area contributed by atoms with Gasteiger partial charge in [0, 0.05) is 36.0 Å². The largest absolute Gasteiger partial charge is 0.462 e. The van der Waals surface area contributed by atoms with Crippen LogP contribution in [0.2, 0.25) is 0 Å². The second kappa shape index (κ2) is 19.3. The Hall–Kier alpha value is -2.76. The van der Waals surface area contributed by atoms with Gasteiger partial charge in [0.1, 0.15) is 12.2 Å². The van der Waals surface area contributed by atoms with E-state index in [0.717, 1.165) is 11.1 Å². The Balaban J connectivity index is 1.92. The van der Waals surface area contributed by atoms with Gasteiger partial charge in [-0.1, -0.05) is 95.7 Å². The average Bonchev–Trinajstić information content (AvgIpc) is 3.03. The molecule has 1 aliphatic rings. The van der Waals surface area contributed by atoms with Gasteiger partial charge in [-0.15, -0.1) is 0 Å². The van der Waals surface area contributed by atoms with Crippen LogP contribution in [0.15, 0.2) is 54.1 Å². The summed E-state index contributed by atoms with van der Waals surface area (Å²) in [5.74, 6) is -2.64. The van der Waals surface area contributed by atoms with Crippen molar-refractivity contribution in [1.82, 2.24) is 0 Å². The average molecular weight is 662 g/mol. The maximum Gasteiger partial charge on any atom is 0.404 e. The summed E-state index contributed by atoms with van der Waals surface area (Å²) in [6.45, 7) is 15.6. The van der Waals surface area contributed by atoms with Crippen molar-refractivity contribution in [3.05, 3.63) is 59.7 Å². The third-order valence-electron chi connectivity index (χ3n) is 9.60. The summed E-state index contributed by atoms with van der Waals surface area (Å²) in [4.78, 5) is 23.8. The highest BCUT2D eigenvalue weighted by Crippen LogP contribution is 2.30. The van der Waals surface area contributed by atoms with Gasteiger partial charge in [-0.25, -0.2) is 4.79 Å². The maximum atomic E-state index is 12.0. The number of allylic oxidation sites excluding steroid dienone is 1. The summed E-state index contributed by atoms with van der Waals surface area (Å²) in [5, 5.41) is 43.1. The molecule has 1 fully saturated rings. The molecule has 0 aromatic heterocycles. The van der Waals surface area contributed by atoms with Crippen LogP contribution in [-0.2, 0) is 25.6 Å². The van der Waals surface area contributed by atoms with Crippen molar-refractivity contribution in [3.63, 3.8) is 0 Å². The molecule has 13 atom stereocenters. The van der Waals surface area contributed by atoms with E-state index in [4.69, 9.17) is 19.9 Å². The number of hydrogen-bond acceptors (Lipinski definition) is 9. The Morgan fingerprint density at radius 3 is 2.23 bits per heavy atom. The van der Waals surface area contributed by atoms with E-state index in [1.54, 1.807) is 26.0 Å². The molecule has 1 aromatic carbocycles. The van der Waals surface area contributed by atoms with E-state index < -0.39 is 60.5 Å². The van der Waals surface area contributed by atoms with Gasteiger partial charge in [0.25, 0.3) is 0 Å². The number of rotatable bonds is 18. The number of carbonyl (C=O) groups is 2. The van der Waals surface area contributed by atoms with Gasteiger partial charge in [0.05, 0.1) is 43.5 Å². The number of ether oxygens (including phenoxy) is 3. The molecule has 1 saturated heterocycles. The predicted octanol–water partition coefficient (Wildman–Crippen LogP) is 4.77. The molecule has 47 heavy (non-hydrogen) atoms. The first-order valence-electron chi connectivity index (χ1n) is 16.9. The minimum absolute atomic E-state index is 0.161. The normalized spacial score (nSPS) is 26.4. The number of aliphatic hydroxyl groups excluding tert-OH is 4. The van der Waals surface area contributed by atoms with Crippen LogP contribution in [0.5, 0.6) is 0 Å². The highest BCUT2D eigenvalue weighted by Gasteiger charge is 2.41. The summed E-state index contributed by atoms with van der Waals surface area (Å²) in [7, 11) is 0. The van der Waals surface area contributed by atoms with Gasteiger partial charge in [-0.3, -0.25) is 4.79 Å². The fourth-order valence-electron chi connectivity index (χ4n) is 6.52. The molecule has 10 heteroatoms. The fraction of sp³-hybridized carbons (Fsp3) is 0.676. The third kappa shape index (κ3) is 12.7. The number of carbonyl (C=O) groups excluding carboxylic acids is 2. The van der Waals surface area contributed by atoms with E-state index in [1.807, 2.05) is 78.0 Å². The van der Waals surface area contributed by atoms with Gasteiger partial charge in [0.15, 0.2) is 0 Å². The maximum absolute atomic E-state index is 12.0. The topological polar surface area (TPSA) is 169 Å². The Bertz CT molecular complexity index is 1160. The predicted molar refractivity (Wildman–Crippen MR) is 181 cm³/mol. The molecule has 266 valence electrons. The molecule has 0 saturated carbocycles. The Morgan fingerprint density at radius 2 is 1.62 bits per heavy atom. The molecule has 1 aliphatic heterocycles. The van der Waals surface area contributed by atoms with E-state index in [1.165, 1.54) is 0 Å². The number of aliphatic hydroxyl groups is 4. The zero-order valence-electron chi connectivity index (χ0n) is 29.4. The molecule has 7 unspecified atom stereocenters. The summed E-state index contributed by atoms with van der Waals surface area (Å²) >= 11 is 0. The summed E-state index contributed by atoms with van der Waals surface area (Å²) in [5.41, 5.74) is 7.43. The standard InChI is InChI=1S/C37H59NO9/c1-21(16-23(3)32(40)22(2)14-15-30(39)18-31-26(6)34(42)28(8)36(43)46-31)17-24(4)33(41)27(7)35(47-37(38)44)25(5)19-45-20-29-12-10-9-11-13-29/h9-16,22-28,30-35,39-42H,17-20H2,1-8H3,(H2,38,44)/t22-,23-,24?,25-,26?,27?,28+,30?,31-,32-,33?,34?,35?/m0/s1. The first-order valence-corrected chi connectivity index (χ1v) is 16.9. The van der Waals surface area contributed by atoms with Gasteiger partial charge in [-0.2, -0.15) is 0 Å². The Morgan fingerprint density at radius 1 is 0.979 bits per heavy atom. The summed E-state index contributed by atoms with van der Waals surface area (Å²) in [6, 6.07) is 9.77. The Labute approximate surface area is 281 Å². The monoisotopic (exact) mass is 661 g/mol. The number of nitrogens with two attached hydrogens (primary N) is 1. The lowest BCUT2D eigenvalue weighted by atomic mass is 9.81. The number of esters is 1. The van der Waals surface area contributed by atoms with Crippen molar-refractivity contribution in [1.29, 1.82) is 0 Å². The zero-order chi connectivity index (χ0) is 35.4. The first kappa shape index (κ1) is 40.4. The quantitative estimate of drug-likeness (QED) is 0.110. The molecule has 0 spiro atoms. The van der Waals surface area contributed by atoms with Crippen LogP contribution in [0, 0.1) is 41.4 Å². The summed E-state index contributed by atoms with van der Waals surface area (Å²) < 4.78 is 16.8. The molecule has 6 N–H and O–H groups in total. The molecule has 0 bridgehead atoms. The lowest BCUT2D eigenvalue weighted by Crippen LogP contribution is -2.47. The van der Waals surface area contributed by atoms with E-state index >= 15 is 0 Å². The third-order valence-corrected chi connectivity index (χ3v) is 9.60. The molecule has 1 amide bonds. The van der Waals surface area contributed by atoms with Crippen LogP contribution in [0.3, 0.4) is 0 Å². The number of benzene rings is 1. The lowest BCUT2D eigenvalue weighted by molar-refractivity contribution is -0.179. The van der Waals surface area contributed by atoms with Crippen LogP contribution >= 0.6 is 0 Å². The smallest absolute Gasteiger partial charge is 0.404 e. The van der Waals surface area contributed by atoms with Crippen LogP contribution < -0.4 is 5.73 Å². The van der Waals surface area contributed by atoms with Gasteiger partial charge in [0.2, 0.25) is 0 Å². The number of primary amides is 1. The molecule has 0 radical (unpaired) electrons. The highest BCUT2D eigenvalue weighted by molar-refractivity contribution is 5.73. The van der Waals surface area contributed by atoms with E-state index in [9.17, 15) is 30.0 Å².